The number of likely N-dealkylation sites (tertiary alicyclic amines) is 1. The molecule has 1 amide bonds. The molecule has 4 rings (SSSR count). The Morgan fingerprint density at radius 1 is 1.27 bits per heavy atom. The van der Waals surface area contributed by atoms with E-state index in [1.165, 1.54) is 11.3 Å². The third-order valence-electron chi connectivity index (χ3n) is 4.16. The average molecular weight is 434 g/mol. The van der Waals surface area contributed by atoms with Gasteiger partial charge < -0.3 is 9.64 Å². The summed E-state index contributed by atoms with van der Waals surface area (Å²) in [7, 11) is 0. The number of thiophene rings is 1. The van der Waals surface area contributed by atoms with Gasteiger partial charge in [-0.15, -0.1) is 21.5 Å². The maximum Gasteiger partial charge on any atom is 0.263 e. The van der Waals surface area contributed by atoms with E-state index in [1.807, 2.05) is 34.7 Å². The highest BCUT2D eigenvalue weighted by Gasteiger charge is 2.25. The number of ether oxygens (including phenoxy) is 1. The molecule has 0 aromatic carbocycles. The molecule has 0 aliphatic carbocycles. The highest BCUT2D eigenvalue weighted by atomic mass is 79.9. The zero-order chi connectivity index (χ0) is 17.9. The van der Waals surface area contributed by atoms with Gasteiger partial charge in [-0.05, 0) is 34.1 Å². The smallest absolute Gasteiger partial charge is 0.263 e. The first kappa shape index (κ1) is 17.2. The first-order chi connectivity index (χ1) is 12.7. The fourth-order valence-electron chi connectivity index (χ4n) is 2.83. The molecule has 4 heterocycles. The predicted molar refractivity (Wildman–Crippen MR) is 101 cm³/mol. The molecule has 1 aliphatic rings. The molecule has 1 saturated heterocycles. The topological polar surface area (TPSA) is 73.1 Å². The van der Waals surface area contributed by atoms with Gasteiger partial charge in [0.2, 0.25) is 5.88 Å². The molecule has 0 saturated carbocycles. The molecule has 7 nitrogen and oxygen atoms in total. The van der Waals surface area contributed by atoms with E-state index in [0.717, 1.165) is 22.2 Å². The summed E-state index contributed by atoms with van der Waals surface area (Å²) >= 11 is 4.85. The van der Waals surface area contributed by atoms with Crippen LogP contribution in [0.15, 0.2) is 46.5 Å². The van der Waals surface area contributed by atoms with Gasteiger partial charge in [-0.25, -0.2) is 4.68 Å². The normalized spacial score (nSPS) is 15.2. The molecule has 0 unspecified atom stereocenters. The number of nitrogens with zero attached hydrogens (tertiary/aromatic N) is 5. The SMILES string of the molecule is O=C(c1cc(Br)cs1)N1CCC(Oc2ccc(-n3cccn3)nn2)CC1. The molecule has 9 heteroatoms. The van der Waals surface area contributed by atoms with Crippen LogP contribution in [0.1, 0.15) is 22.5 Å². The Bertz CT molecular complexity index is 873. The number of hydrogen-bond acceptors (Lipinski definition) is 6. The lowest BCUT2D eigenvalue weighted by Crippen LogP contribution is -2.41. The Hall–Kier alpha value is -2.26. The number of aromatic nitrogens is 4. The van der Waals surface area contributed by atoms with Gasteiger partial charge in [0.15, 0.2) is 5.82 Å². The summed E-state index contributed by atoms with van der Waals surface area (Å²) in [6.07, 6.45) is 5.10. The van der Waals surface area contributed by atoms with Gasteiger partial charge in [0, 0.05) is 54.2 Å². The molecule has 0 spiro atoms. The number of amides is 1. The van der Waals surface area contributed by atoms with Crippen molar-refractivity contribution >= 4 is 33.2 Å². The molecule has 0 N–H and O–H groups in total. The van der Waals surface area contributed by atoms with Crippen LogP contribution >= 0.6 is 27.3 Å². The van der Waals surface area contributed by atoms with Crippen molar-refractivity contribution in [3.8, 4) is 11.7 Å². The van der Waals surface area contributed by atoms with Crippen molar-refractivity contribution < 1.29 is 9.53 Å². The van der Waals surface area contributed by atoms with Crippen molar-refractivity contribution in [3.63, 3.8) is 0 Å². The maximum absolute atomic E-state index is 12.5. The van der Waals surface area contributed by atoms with Gasteiger partial charge in [-0.1, -0.05) is 0 Å². The first-order valence-electron chi connectivity index (χ1n) is 8.23. The molecule has 26 heavy (non-hydrogen) atoms. The van der Waals surface area contributed by atoms with E-state index in [0.29, 0.717) is 24.8 Å². The molecule has 3 aromatic rings. The molecule has 3 aromatic heterocycles. The molecule has 0 bridgehead atoms. The van der Waals surface area contributed by atoms with Crippen LogP contribution in [0.5, 0.6) is 5.88 Å². The largest absolute Gasteiger partial charge is 0.473 e. The fraction of sp³-hybridized carbons (Fsp3) is 0.294. The van der Waals surface area contributed by atoms with Crippen LogP contribution < -0.4 is 4.74 Å². The van der Waals surface area contributed by atoms with E-state index < -0.39 is 0 Å². The Labute approximate surface area is 162 Å². The van der Waals surface area contributed by atoms with Gasteiger partial charge in [-0.2, -0.15) is 5.10 Å². The lowest BCUT2D eigenvalue weighted by molar-refractivity contribution is 0.0590. The fourth-order valence-corrected chi connectivity index (χ4v) is 4.22. The third kappa shape index (κ3) is 3.78. The van der Waals surface area contributed by atoms with Crippen molar-refractivity contribution in [1.29, 1.82) is 0 Å². The highest BCUT2D eigenvalue weighted by Crippen LogP contribution is 2.24. The van der Waals surface area contributed by atoms with Crippen LogP contribution in [0, 0.1) is 0 Å². The van der Waals surface area contributed by atoms with E-state index in [4.69, 9.17) is 4.74 Å². The van der Waals surface area contributed by atoms with Gasteiger partial charge >= 0.3 is 0 Å². The number of carbonyl (C=O) groups is 1. The summed E-state index contributed by atoms with van der Waals surface area (Å²) in [4.78, 5) is 15.1. The standard InChI is InChI=1S/C17H16BrN5O2S/c18-12-10-14(26-11-12)17(24)22-8-4-13(5-9-22)25-16-3-2-15(20-21-16)23-7-1-6-19-23/h1-3,6-7,10-11,13H,4-5,8-9H2. The summed E-state index contributed by atoms with van der Waals surface area (Å²) in [6, 6.07) is 7.32. The van der Waals surface area contributed by atoms with E-state index >= 15 is 0 Å². The quantitative estimate of drug-likeness (QED) is 0.631. The minimum absolute atomic E-state index is 0.0407. The minimum Gasteiger partial charge on any atom is -0.473 e. The van der Waals surface area contributed by atoms with Crippen molar-refractivity contribution in [1.82, 2.24) is 24.9 Å². The molecule has 1 aliphatic heterocycles. The molecule has 0 atom stereocenters. The third-order valence-corrected chi connectivity index (χ3v) is 5.84. The second-order valence-corrected chi connectivity index (χ2v) is 7.75. The van der Waals surface area contributed by atoms with Crippen LogP contribution in [0.3, 0.4) is 0 Å². The van der Waals surface area contributed by atoms with Crippen molar-refractivity contribution in [2.75, 3.05) is 13.1 Å². The van der Waals surface area contributed by atoms with Gasteiger partial charge in [-0.3, -0.25) is 4.79 Å². The zero-order valence-corrected chi connectivity index (χ0v) is 16.2. The van der Waals surface area contributed by atoms with Crippen molar-refractivity contribution in [2.24, 2.45) is 0 Å². The van der Waals surface area contributed by atoms with E-state index in [2.05, 4.69) is 31.2 Å². The number of hydrogen-bond donors (Lipinski definition) is 0. The summed E-state index contributed by atoms with van der Waals surface area (Å²) in [5, 5.41) is 14.3. The average Bonchev–Trinajstić information content (AvgIpc) is 3.34. The lowest BCUT2D eigenvalue weighted by atomic mass is 10.1. The molecular formula is C17H16BrN5O2S. The molecular weight excluding hydrogens is 418 g/mol. The van der Waals surface area contributed by atoms with E-state index in [-0.39, 0.29) is 12.0 Å². The van der Waals surface area contributed by atoms with Crippen molar-refractivity contribution in [2.45, 2.75) is 18.9 Å². The summed E-state index contributed by atoms with van der Waals surface area (Å²) < 4.78 is 8.51. The highest BCUT2D eigenvalue weighted by molar-refractivity contribution is 9.10. The predicted octanol–water partition coefficient (Wildman–Crippen LogP) is 3.17. The van der Waals surface area contributed by atoms with Crippen LogP contribution in [0.25, 0.3) is 5.82 Å². The zero-order valence-electron chi connectivity index (χ0n) is 13.8. The first-order valence-corrected chi connectivity index (χ1v) is 9.90. The van der Waals surface area contributed by atoms with Gasteiger partial charge in [0.25, 0.3) is 5.91 Å². The second-order valence-electron chi connectivity index (χ2n) is 5.92. The molecule has 1 fully saturated rings. The Morgan fingerprint density at radius 3 is 2.73 bits per heavy atom. The number of halogens is 1. The van der Waals surface area contributed by atoms with Crippen LogP contribution in [-0.4, -0.2) is 50.0 Å². The van der Waals surface area contributed by atoms with E-state index in [1.54, 1.807) is 16.9 Å². The Morgan fingerprint density at radius 2 is 2.12 bits per heavy atom. The van der Waals surface area contributed by atoms with Crippen molar-refractivity contribution in [3.05, 3.63) is 51.4 Å². The lowest BCUT2D eigenvalue weighted by Gasteiger charge is -2.31. The van der Waals surface area contributed by atoms with Crippen LogP contribution in [-0.2, 0) is 0 Å². The summed E-state index contributed by atoms with van der Waals surface area (Å²) in [5.74, 6) is 1.22. The van der Waals surface area contributed by atoms with Crippen LogP contribution in [0.4, 0.5) is 0 Å². The number of rotatable bonds is 4. The maximum atomic E-state index is 12.5. The van der Waals surface area contributed by atoms with Crippen LogP contribution in [0.2, 0.25) is 0 Å². The summed E-state index contributed by atoms with van der Waals surface area (Å²) in [5.41, 5.74) is 0. The Kier molecular flexibility index (Phi) is 4.98. The van der Waals surface area contributed by atoms with Gasteiger partial charge in [0.05, 0.1) is 4.88 Å². The monoisotopic (exact) mass is 433 g/mol. The minimum atomic E-state index is 0.0407. The number of carbonyl (C=O) groups excluding carboxylic acids is 1. The molecule has 134 valence electrons. The van der Waals surface area contributed by atoms with Gasteiger partial charge in [0.1, 0.15) is 6.10 Å². The Balaban J connectivity index is 1.32. The number of piperidine rings is 1. The summed E-state index contributed by atoms with van der Waals surface area (Å²) in [6.45, 7) is 1.36. The second kappa shape index (κ2) is 7.55. The van der Waals surface area contributed by atoms with E-state index in [9.17, 15) is 4.79 Å². The molecule has 0 radical (unpaired) electrons.